The van der Waals surface area contributed by atoms with Crippen LogP contribution >= 0.6 is 11.6 Å². The number of aromatic nitrogens is 2. The molecule has 0 spiro atoms. The number of carbonyl (C=O) groups is 1. The molecule has 0 aliphatic heterocycles. The number of methoxy groups -OCH3 is 1. The van der Waals surface area contributed by atoms with Gasteiger partial charge in [0, 0.05) is 24.4 Å². The van der Waals surface area contributed by atoms with Crippen molar-refractivity contribution in [3.8, 4) is 5.69 Å². The summed E-state index contributed by atoms with van der Waals surface area (Å²) in [5, 5.41) is 7.66. The van der Waals surface area contributed by atoms with Crippen molar-refractivity contribution in [2.75, 3.05) is 13.7 Å². The molecule has 1 atom stereocenters. The summed E-state index contributed by atoms with van der Waals surface area (Å²) < 4.78 is 6.61. The molecule has 0 unspecified atom stereocenters. The number of nitrogens with zero attached hydrogens (tertiary/aromatic N) is 2. The number of hydrogen-bond donors (Lipinski definition) is 1. The largest absolute Gasteiger partial charge is 0.383 e. The second-order valence-electron chi connectivity index (χ2n) is 4.48. The van der Waals surface area contributed by atoms with Crippen molar-refractivity contribution in [1.29, 1.82) is 0 Å². The maximum absolute atomic E-state index is 12.0. The number of rotatable bonds is 5. The lowest BCUT2D eigenvalue weighted by Gasteiger charge is -2.11. The van der Waals surface area contributed by atoms with Crippen LogP contribution in [0.4, 0.5) is 0 Å². The average Bonchev–Trinajstić information content (AvgIpc) is 2.89. The zero-order valence-electron chi connectivity index (χ0n) is 11.3. The van der Waals surface area contributed by atoms with E-state index < -0.39 is 0 Å². The first kappa shape index (κ1) is 14.6. The minimum absolute atomic E-state index is 0.0496. The fraction of sp³-hybridized carbons (Fsp3) is 0.286. The molecule has 0 fully saturated rings. The normalized spacial score (nSPS) is 12.2. The Hall–Kier alpha value is -1.85. The molecule has 1 N–H and O–H groups in total. The number of hydrogen-bond acceptors (Lipinski definition) is 3. The van der Waals surface area contributed by atoms with Gasteiger partial charge in [-0.1, -0.05) is 11.6 Å². The third-order valence-corrected chi connectivity index (χ3v) is 2.98. The van der Waals surface area contributed by atoms with Crippen molar-refractivity contribution >= 4 is 17.5 Å². The molecule has 106 valence electrons. The lowest BCUT2D eigenvalue weighted by molar-refractivity contribution is 0.0905. The number of nitrogens with one attached hydrogen (secondary N) is 1. The molecular weight excluding hydrogens is 278 g/mol. The monoisotopic (exact) mass is 293 g/mol. The maximum atomic E-state index is 12.0. The highest BCUT2D eigenvalue weighted by Gasteiger charge is 2.12. The lowest BCUT2D eigenvalue weighted by Crippen LogP contribution is -2.35. The van der Waals surface area contributed by atoms with Crippen LogP contribution in [0.3, 0.4) is 0 Å². The lowest BCUT2D eigenvalue weighted by atomic mass is 10.3. The van der Waals surface area contributed by atoms with Crippen LogP contribution in [0.15, 0.2) is 36.7 Å². The van der Waals surface area contributed by atoms with Crippen LogP contribution in [-0.4, -0.2) is 35.4 Å². The number of ether oxygens (including phenoxy) is 1. The van der Waals surface area contributed by atoms with Crippen LogP contribution in [0.2, 0.25) is 5.02 Å². The average molecular weight is 294 g/mol. The summed E-state index contributed by atoms with van der Waals surface area (Å²) in [5.41, 5.74) is 1.35. The Bertz CT molecular complexity index is 580. The summed E-state index contributed by atoms with van der Waals surface area (Å²) in [5.74, 6) is -0.172. The molecule has 2 aromatic rings. The Balaban J connectivity index is 2.08. The Morgan fingerprint density at radius 2 is 2.15 bits per heavy atom. The molecule has 0 saturated carbocycles. The third kappa shape index (κ3) is 3.59. The van der Waals surface area contributed by atoms with E-state index in [2.05, 4.69) is 10.4 Å². The van der Waals surface area contributed by atoms with Crippen molar-refractivity contribution in [1.82, 2.24) is 15.1 Å². The third-order valence-electron chi connectivity index (χ3n) is 2.73. The van der Waals surface area contributed by atoms with Crippen molar-refractivity contribution in [3.63, 3.8) is 0 Å². The number of halogens is 1. The summed E-state index contributed by atoms with van der Waals surface area (Å²) in [6.07, 6.45) is 3.21. The Kier molecular flexibility index (Phi) is 4.76. The summed E-state index contributed by atoms with van der Waals surface area (Å²) in [4.78, 5) is 12.0. The number of benzene rings is 1. The van der Waals surface area contributed by atoms with E-state index in [-0.39, 0.29) is 11.9 Å². The molecule has 5 nitrogen and oxygen atoms in total. The van der Waals surface area contributed by atoms with Crippen LogP contribution in [-0.2, 0) is 4.74 Å². The molecular formula is C14H16ClN3O2. The standard InChI is InChI=1S/C14H16ClN3O2/c1-10(9-20-2)17-14(19)11-7-16-18(8-11)13-5-3-12(15)4-6-13/h3-8,10H,9H2,1-2H3,(H,17,19)/t10-/m1/s1. The SMILES string of the molecule is COC[C@@H](C)NC(=O)c1cnn(-c2ccc(Cl)cc2)c1. The molecule has 6 heteroatoms. The molecule has 1 amide bonds. The first-order chi connectivity index (χ1) is 9.60. The first-order valence-electron chi connectivity index (χ1n) is 6.20. The molecule has 0 aliphatic carbocycles. The van der Waals surface area contributed by atoms with Crippen molar-refractivity contribution in [2.24, 2.45) is 0 Å². The molecule has 1 heterocycles. The first-order valence-corrected chi connectivity index (χ1v) is 6.58. The van der Waals surface area contributed by atoms with E-state index >= 15 is 0 Å². The molecule has 1 aromatic heterocycles. The molecule has 2 rings (SSSR count). The van der Waals surface area contributed by atoms with E-state index in [1.165, 1.54) is 6.20 Å². The predicted molar refractivity (Wildman–Crippen MR) is 77.4 cm³/mol. The maximum Gasteiger partial charge on any atom is 0.254 e. The van der Waals surface area contributed by atoms with Crippen LogP contribution in [0, 0.1) is 0 Å². The van der Waals surface area contributed by atoms with Crippen LogP contribution in [0.5, 0.6) is 0 Å². The topological polar surface area (TPSA) is 56.1 Å². The second-order valence-corrected chi connectivity index (χ2v) is 4.92. The fourth-order valence-electron chi connectivity index (χ4n) is 1.77. The molecule has 0 saturated heterocycles. The fourth-order valence-corrected chi connectivity index (χ4v) is 1.90. The van der Waals surface area contributed by atoms with Gasteiger partial charge < -0.3 is 10.1 Å². The van der Waals surface area contributed by atoms with E-state index in [0.717, 1.165) is 5.69 Å². The summed E-state index contributed by atoms with van der Waals surface area (Å²) in [6.45, 7) is 2.35. The zero-order valence-corrected chi connectivity index (χ0v) is 12.1. The van der Waals surface area contributed by atoms with E-state index in [0.29, 0.717) is 17.2 Å². The van der Waals surface area contributed by atoms with Gasteiger partial charge in [0.05, 0.1) is 24.1 Å². The van der Waals surface area contributed by atoms with Gasteiger partial charge in [-0.3, -0.25) is 4.79 Å². The minimum atomic E-state index is -0.172. The molecule has 0 aliphatic rings. The quantitative estimate of drug-likeness (QED) is 0.920. The van der Waals surface area contributed by atoms with E-state index in [1.807, 2.05) is 19.1 Å². The number of amides is 1. The predicted octanol–water partition coefficient (Wildman–Crippen LogP) is 2.29. The van der Waals surface area contributed by atoms with Crippen molar-refractivity contribution in [3.05, 3.63) is 47.2 Å². The summed E-state index contributed by atoms with van der Waals surface area (Å²) in [6, 6.07) is 7.18. The second kappa shape index (κ2) is 6.54. The summed E-state index contributed by atoms with van der Waals surface area (Å²) >= 11 is 5.84. The van der Waals surface area contributed by atoms with Gasteiger partial charge in [-0.05, 0) is 31.2 Å². The van der Waals surface area contributed by atoms with Gasteiger partial charge in [0.2, 0.25) is 0 Å². The molecule has 1 aromatic carbocycles. The smallest absolute Gasteiger partial charge is 0.254 e. The van der Waals surface area contributed by atoms with Crippen LogP contribution in [0.1, 0.15) is 17.3 Å². The number of carbonyl (C=O) groups excluding carboxylic acids is 1. The van der Waals surface area contributed by atoms with E-state index in [9.17, 15) is 4.79 Å². The Morgan fingerprint density at radius 3 is 2.80 bits per heavy atom. The van der Waals surface area contributed by atoms with Crippen molar-refractivity contribution < 1.29 is 9.53 Å². The van der Waals surface area contributed by atoms with Gasteiger partial charge in [-0.2, -0.15) is 5.10 Å². The van der Waals surface area contributed by atoms with Gasteiger partial charge in [0.15, 0.2) is 0 Å². The molecule has 0 radical (unpaired) electrons. The molecule has 20 heavy (non-hydrogen) atoms. The highest BCUT2D eigenvalue weighted by atomic mass is 35.5. The van der Waals surface area contributed by atoms with E-state index in [1.54, 1.807) is 30.1 Å². The van der Waals surface area contributed by atoms with Crippen LogP contribution in [0.25, 0.3) is 5.69 Å². The van der Waals surface area contributed by atoms with Gasteiger partial charge in [0.25, 0.3) is 5.91 Å². The Morgan fingerprint density at radius 1 is 1.45 bits per heavy atom. The Labute approximate surface area is 122 Å². The highest BCUT2D eigenvalue weighted by Crippen LogP contribution is 2.13. The van der Waals surface area contributed by atoms with Gasteiger partial charge in [0.1, 0.15) is 0 Å². The highest BCUT2D eigenvalue weighted by molar-refractivity contribution is 6.30. The van der Waals surface area contributed by atoms with Gasteiger partial charge >= 0.3 is 0 Å². The van der Waals surface area contributed by atoms with Gasteiger partial charge in [-0.25, -0.2) is 4.68 Å². The summed E-state index contributed by atoms with van der Waals surface area (Å²) in [7, 11) is 1.60. The zero-order chi connectivity index (χ0) is 14.5. The van der Waals surface area contributed by atoms with Gasteiger partial charge in [-0.15, -0.1) is 0 Å². The van der Waals surface area contributed by atoms with Crippen molar-refractivity contribution in [2.45, 2.75) is 13.0 Å². The molecule has 0 bridgehead atoms. The van der Waals surface area contributed by atoms with Crippen LogP contribution < -0.4 is 5.32 Å². The van der Waals surface area contributed by atoms with E-state index in [4.69, 9.17) is 16.3 Å². The minimum Gasteiger partial charge on any atom is -0.383 e.